The van der Waals surface area contributed by atoms with E-state index in [1.807, 2.05) is 0 Å². The van der Waals surface area contributed by atoms with Crippen molar-refractivity contribution in [3.63, 3.8) is 0 Å². The SMILES string of the molecule is CC(C)OC(=O)CN(c1ccccc1F)S(=O)(=O)c1ccccc1[N+](=O)[O-]. The molecule has 2 aromatic rings. The second-order valence-corrected chi connectivity index (χ2v) is 7.56. The van der Waals surface area contributed by atoms with Gasteiger partial charge >= 0.3 is 5.97 Å². The number of rotatable bonds is 7. The van der Waals surface area contributed by atoms with Gasteiger partial charge in [-0.15, -0.1) is 0 Å². The monoisotopic (exact) mass is 396 g/mol. The third kappa shape index (κ3) is 4.59. The predicted octanol–water partition coefficient (Wildman–Crippen LogP) is 2.88. The summed E-state index contributed by atoms with van der Waals surface area (Å²) in [6.07, 6.45) is -0.520. The molecule has 27 heavy (non-hydrogen) atoms. The van der Waals surface area contributed by atoms with E-state index in [9.17, 15) is 27.7 Å². The van der Waals surface area contributed by atoms with Gasteiger partial charge in [0.15, 0.2) is 4.90 Å². The van der Waals surface area contributed by atoms with Crippen LogP contribution in [0.4, 0.5) is 15.8 Å². The summed E-state index contributed by atoms with van der Waals surface area (Å²) in [6.45, 7) is 2.30. The quantitative estimate of drug-likeness (QED) is 0.405. The molecule has 2 aromatic carbocycles. The number of benzene rings is 2. The minimum Gasteiger partial charge on any atom is -0.462 e. The summed E-state index contributed by atoms with van der Waals surface area (Å²) in [7, 11) is -4.63. The third-order valence-corrected chi connectivity index (χ3v) is 5.20. The Hall–Kier alpha value is -3.01. The van der Waals surface area contributed by atoms with Gasteiger partial charge in [-0.2, -0.15) is 0 Å². The average Bonchev–Trinajstić information content (AvgIpc) is 2.59. The number of para-hydroxylation sites is 2. The lowest BCUT2D eigenvalue weighted by molar-refractivity contribution is -0.387. The van der Waals surface area contributed by atoms with Crippen LogP contribution in [0, 0.1) is 15.9 Å². The second-order valence-electron chi connectivity index (χ2n) is 5.73. The summed E-state index contributed by atoms with van der Waals surface area (Å²) in [5, 5.41) is 11.2. The van der Waals surface area contributed by atoms with Crippen molar-refractivity contribution in [2.75, 3.05) is 10.8 Å². The summed E-state index contributed by atoms with van der Waals surface area (Å²) in [6, 6.07) is 9.54. The van der Waals surface area contributed by atoms with Crippen molar-refractivity contribution < 1.29 is 27.3 Å². The third-order valence-electron chi connectivity index (χ3n) is 3.39. The highest BCUT2D eigenvalue weighted by Gasteiger charge is 2.34. The van der Waals surface area contributed by atoms with Gasteiger partial charge in [0.1, 0.15) is 12.4 Å². The van der Waals surface area contributed by atoms with Crippen molar-refractivity contribution in [1.82, 2.24) is 0 Å². The zero-order valence-corrected chi connectivity index (χ0v) is 15.3. The molecular formula is C17H17FN2O6S. The van der Waals surface area contributed by atoms with Crippen LogP contribution in [0.3, 0.4) is 0 Å². The lowest BCUT2D eigenvalue weighted by Gasteiger charge is -2.24. The normalized spacial score (nSPS) is 11.3. The number of nitrogens with zero attached hydrogens (tertiary/aromatic N) is 2. The molecule has 0 N–H and O–H groups in total. The summed E-state index contributed by atoms with van der Waals surface area (Å²) in [4.78, 5) is 21.8. The fourth-order valence-electron chi connectivity index (χ4n) is 2.32. The smallest absolute Gasteiger partial charge is 0.327 e. The molecule has 0 aromatic heterocycles. The molecule has 0 radical (unpaired) electrons. The molecule has 0 fully saturated rings. The van der Waals surface area contributed by atoms with E-state index in [0.29, 0.717) is 4.31 Å². The first-order chi connectivity index (χ1) is 12.6. The summed E-state index contributed by atoms with van der Waals surface area (Å²) in [5.74, 6) is -1.83. The van der Waals surface area contributed by atoms with Crippen LogP contribution in [-0.4, -0.2) is 32.0 Å². The van der Waals surface area contributed by atoms with Gasteiger partial charge in [-0.1, -0.05) is 24.3 Å². The molecule has 0 amide bonds. The first-order valence-electron chi connectivity index (χ1n) is 7.84. The number of nitro groups is 1. The van der Waals surface area contributed by atoms with Gasteiger partial charge < -0.3 is 4.74 Å². The highest BCUT2D eigenvalue weighted by molar-refractivity contribution is 7.93. The lowest BCUT2D eigenvalue weighted by Crippen LogP contribution is -2.38. The molecule has 0 aliphatic carbocycles. The van der Waals surface area contributed by atoms with Crippen molar-refractivity contribution in [2.24, 2.45) is 0 Å². The molecule has 0 spiro atoms. The fraction of sp³-hybridized carbons (Fsp3) is 0.235. The van der Waals surface area contributed by atoms with Crippen LogP contribution in [0.25, 0.3) is 0 Å². The van der Waals surface area contributed by atoms with Crippen LogP contribution in [-0.2, 0) is 19.6 Å². The van der Waals surface area contributed by atoms with Gasteiger partial charge in [0.25, 0.3) is 15.7 Å². The Morgan fingerprint density at radius 2 is 1.78 bits per heavy atom. The van der Waals surface area contributed by atoms with Crippen molar-refractivity contribution in [3.8, 4) is 0 Å². The Morgan fingerprint density at radius 1 is 1.19 bits per heavy atom. The topological polar surface area (TPSA) is 107 Å². The number of ether oxygens (including phenoxy) is 1. The largest absolute Gasteiger partial charge is 0.462 e. The minimum atomic E-state index is -4.63. The molecule has 2 rings (SSSR count). The Morgan fingerprint density at radius 3 is 2.37 bits per heavy atom. The maximum absolute atomic E-state index is 14.3. The van der Waals surface area contributed by atoms with Crippen LogP contribution in [0.5, 0.6) is 0 Å². The number of nitro benzene ring substituents is 1. The van der Waals surface area contributed by atoms with Gasteiger partial charge in [-0.3, -0.25) is 19.2 Å². The van der Waals surface area contributed by atoms with Gasteiger partial charge in [0.05, 0.1) is 16.7 Å². The molecule has 0 aliphatic rings. The van der Waals surface area contributed by atoms with Crippen molar-refractivity contribution in [3.05, 3.63) is 64.5 Å². The molecule has 0 aliphatic heterocycles. The van der Waals surface area contributed by atoms with Crippen LogP contribution in [0.1, 0.15) is 13.8 Å². The van der Waals surface area contributed by atoms with E-state index in [1.54, 1.807) is 13.8 Å². The van der Waals surface area contributed by atoms with Crippen LogP contribution >= 0.6 is 0 Å². The lowest BCUT2D eigenvalue weighted by atomic mass is 10.3. The molecule has 0 unspecified atom stereocenters. The Labute approximate surface area is 155 Å². The predicted molar refractivity (Wildman–Crippen MR) is 95.3 cm³/mol. The standard InChI is InChI=1S/C17H17FN2O6S/c1-12(2)26-17(21)11-19(14-8-4-3-7-13(14)18)27(24,25)16-10-6-5-9-15(16)20(22)23/h3-10,12H,11H2,1-2H3. The Kier molecular flexibility index (Phi) is 6.11. The molecule has 0 atom stereocenters. The van der Waals surface area contributed by atoms with Gasteiger partial charge in [0, 0.05) is 6.07 Å². The van der Waals surface area contributed by atoms with Crippen molar-refractivity contribution in [1.29, 1.82) is 0 Å². The van der Waals surface area contributed by atoms with E-state index >= 15 is 0 Å². The highest BCUT2D eigenvalue weighted by Crippen LogP contribution is 2.31. The molecule has 8 nitrogen and oxygen atoms in total. The zero-order valence-electron chi connectivity index (χ0n) is 14.5. The van der Waals surface area contributed by atoms with E-state index < -0.39 is 55.7 Å². The number of anilines is 1. The Bertz CT molecular complexity index is 961. The minimum absolute atomic E-state index is 0.420. The van der Waals surface area contributed by atoms with E-state index in [2.05, 4.69) is 0 Å². The average molecular weight is 396 g/mol. The van der Waals surface area contributed by atoms with Crippen molar-refractivity contribution >= 4 is 27.4 Å². The van der Waals surface area contributed by atoms with Gasteiger partial charge in [-0.05, 0) is 32.0 Å². The number of halogens is 1. The first-order valence-corrected chi connectivity index (χ1v) is 9.28. The molecule has 0 saturated carbocycles. The van der Waals surface area contributed by atoms with E-state index in [-0.39, 0.29) is 0 Å². The summed E-state index contributed by atoms with van der Waals surface area (Å²) < 4.78 is 45.8. The number of sulfonamides is 1. The molecule has 10 heteroatoms. The van der Waals surface area contributed by atoms with Crippen molar-refractivity contribution in [2.45, 2.75) is 24.8 Å². The van der Waals surface area contributed by atoms with Crippen LogP contribution < -0.4 is 4.31 Å². The van der Waals surface area contributed by atoms with Gasteiger partial charge in [-0.25, -0.2) is 12.8 Å². The highest BCUT2D eigenvalue weighted by atomic mass is 32.2. The maximum Gasteiger partial charge on any atom is 0.327 e. The number of hydrogen-bond acceptors (Lipinski definition) is 6. The number of esters is 1. The summed E-state index contributed by atoms with van der Waals surface area (Å²) in [5.41, 5.74) is -1.10. The zero-order chi connectivity index (χ0) is 20.2. The molecular weight excluding hydrogens is 379 g/mol. The number of carbonyl (C=O) groups is 1. The molecule has 0 bridgehead atoms. The van der Waals surface area contributed by atoms with E-state index in [4.69, 9.17) is 4.74 Å². The van der Waals surface area contributed by atoms with E-state index in [0.717, 1.165) is 24.3 Å². The number of hydrogen-bond donors (Lipinski definition) is 0. The van der Waals surface area contributed by atoms with Crippen LogP contribution in [0.2, 0.25) is 0 Å². The summed E-state index contributed by atoms with van der Waals surface area (Å²) >= 11 is 0. The fourth-order valence-corrected chi connectivity index (χ4v) is 3.89. The second kappa shape index (κ2) is 8.12. The maximum atomic E-state index is 14.3. The molecule has 0 saturated heterocycles. The molecule has 0 heterocycles. The van der Waals surface area contributed by atoms with E-state index in [1.165, 1.54) is 24.3 Å². The van der Waals surface area contributed by atoms with Crippen LogP contribution in [0.15, 0.2) is 53.4 Å². The number of carbonyl (C=O) groups excluding carboxylic acids is 1. The first kappa shape index (κ1) is 20.3. The Balaban J connectivity index is 2.61. The van der Waals surface area contributed by atoms with Gasteiger partial charge in [0.2, 0.25) is 0 Å². The molecule has 144 valence electrons.